The highest BCUT2D eigenvalue weighted by Gasteiger charge is 2.26. The zero-order chi connectivity index (χ0) is 24.5. The molecule has 172 valence electrons. The summed E-state index contributed by atoms with van der Waals surface area (Å²) < 4.78 is 7.41. The maximum Gasteiger partial charge on any atom is 0.164 e. The van der Waals surface area contributed by atoms with Crippen molar-refractivity contribution < 1.29 is 4.74 Å². The molecule has 0 bridgehead atoms. The van der Waals surface area contributed by atoms with Gasteiger partial charge in [-0.3, -0.25) is 0 Å². The number of thiophene rings is 1. The predicted octanol–water partition coefficient (Wildman–Crippen LogP) is 7.36. The van der Waals surface area contributed by atoms with Gasteiger partial charge in [-0.2, -0.15) is 10.4 Å². The predicted molar refractivity (Wildman–Crippen MR) is 144 cm³/mol. The van der Waals surface area contributed by atoms with Crippen LogP contribution in [0.1, 0.15) is 5.56 Å². The Hall–Kier alpha value is -4.73. The van der Waals surface area contributed by atoms with Gasteiger partial charge >= 0.3 is 0 Å². The molecule has 6 heteroatoms. The molecule has 0 spiro atoms. The van der Waals surface area contributed by atoms with E-state index >= 15 is 0 Å². The number of nitrogens with zero attached hydrogens (tertiary/aromatic N) is 4. The van der Waals surface area contributed by atoms with Gasteiger partial charge in [-0.25, -0.2) is 9.67 Å². The van der Waals surface area contributed by atoms with Crippen molar-refractivity contribution in [1.29, 1.82) is 5.26 Å². The molecule has 0 N–H and O–H groups in total. The molecule has 6 rings (SSSR count). The van der Waals surface area contributed by atoms with Crippen molar-refractivity contribution in [2.75, 3.05) is 7.11 Å². The lowest BCUT2D eigenvalue weighted by Crippen LogP contribution is -2.00. The van der Waals surface area contributed by atoms with E-state index in [0.717, 1.165) is 44.1 Å². The molecule has 0 aliphatic carbocycles. The summed E-state index contributed by atoms with van der Waals surface area (Å²) in [5.41, 5.74) is 6.16. The summed E-state index contributed by atoms with van der Waals surface area (Å²) in [6.07, 6.45) is 0. The van der Waals surface area contributed by atoms with Gasteiger partial charge in [0.25, 0.3) is 0 Å². The van der Waals surface area contributed by atoms with Gasteiger partial charge in [0.1, 0.15) is 23.2 Å². The molecule has 0 aliphatic rings. The molecular weight excluding hydrogens is 464 g/mol. The van der Waals surface area contributed by atoms with Crippen molar-refractivity contribution >= 4 is 22.4 Å². The van der Waals surface area contributed by atoms with Crippen molar-refractivity contribution in [2.24, 2.45) is 0 Å². The number of methoxy groups -OCH3 is 1. The number of fused-ring (bicyclic) bond motifs is 1. The maximum atomic E-state index is 10.5. The SMILES string of the molecule is COc1cccc(-c2c(C#N)c(-c3cccs3)nc3c2c(-c2ccccc2)nn3-c2ccccc2)c1. The average molecular weight is 485 g/mol. The smallest absolute Gasteiger partial charge is 0.164 e. The summed E-state index contributed by atoms with van der Waals surface area (Å²) in [6.45, 7) is 0. The van der Waals surface area contributed by atoms with Crippen LogP contribution in [0.4, 0.5) is 0 Å². The number of benzene rings is 3. The van der Waals surface area contributed by atoms with Crippen molar-refractivity contribution in [3.05, 3.63) is 108 Å². The fourth-order valence-corrected chi connectivity index (χ4v) is 5.18. The minimum atomic E-state index is 0.517. The second-order valence-corrected chi connectivity index (χ2v) is 9.14. The third kappa shape index (κ3) is 3.63. The molecule has 0 fully saturated rings. The number of aromatic nitrogens is 3. The summed E-state index contributed by atoms with van der Waals surface area (Å²) in [5, 5.41) is 18.4. The molecule has 3 aromatic heterocycles. The molecule has 6 aromatic rings. The Labute approximate surface area is 212 Å². The summed E-state index contributed by atoms with van der Waals surface area (Å²) in [7, 11) is 1.65. The highest BCUT2D eigenvalue weighted by molar-refractivity contribution is 7.13. The highest BCUT2D eigenvalue weighted by Crippen LogP contribution is 2.43. The van der Waals surface area contributed by atoms with Crippen LogP contribution in [0.3, 0.4) is 0 Å². The maximum absolute atomic E-state index is 10.5. The van der Waals surface area contributed by atoms with E-state index in [9.17, 15) is 5.26 Å². The van der Waals surface area contributed by atoms with E-state index in [4.69, 9.17) is 14.8 Å². The van der Waals surface area contributed by atoms with E-state index in [1.54, 1.807) is 18.4 Å². The largest absolute Gasteiger partial charge is 0.497 e. The van der Waals surface area contributed by atoms with Gasteiger partial charge < -0.3 is 4.74 Å². The molecule has 0 aliphatic heterocycles. The van der Waals surface area contributed by atoms with E-state index in [1.807, 2.05) is 107 Å². The molecule has 0 saturated heterocycles. The van der Waals surface area contributed by atoms with E-state index < -0.39 is 0 Å². The third-order valence-corrected chi connectivity index (χ3v) is 6.96. The second kappa shape index (κ2) is 9.14. The quantitative estimate of drug-likeness (QED) is 0.256. The lowest BCUT2D eigenvalue weighted by atomic mass is 9.93. The molecule has 0 radical (unpaired) electrons. The zero-order valence-corrected chi connectivity index (χ0v) is 20.2. The number of para-hydroxylation sites is 1. The highest BCUT2D eigenvalue weighted by atomic mass is 32.1. The number of nitriles is 1. The second-order valence-electron chi connectivity index (χ2n) is 8.19. The summed E-state index contributed by atoms with van der Waals surface area (Å²) in [4.78, 5) is 6.03. The van der Waals surface area contributed by atoms with E-state index in [2.05, 4.69) is 6.07 Å². The van der Waals surface area contributed by atoms with Crippen LogP contribution in [-0.2, 0) is 0 Å². The van der Waals surface area contributed by atoms with Crippen LogP contribution in [0, 0.1) is 11.3 Å². The standard InChI is InChI=1S/C30H20N4OS/c1-35-23-15-8-12-21(18-23)26-24(19-31)29(25-16-9-17-36-25)32-30-27(26)28(20-10-4-2-5-11-20)33-34(30)22-13-6-3-7-14-22/h2-18H,1H3. The molecule has 0 atom stereocenters. The van der Waals surface area contributed by atoms with Gasteiger partial charge in [-0.05, 0) is 41.3 Å². The first-order valence-corrected chi connectivity index (χ1v) is 12.3. The summed E-state index contributed by atoms with van der Waals surface area (Å²) in [5.74, 6) is 0.718. The minimum Gasteiger partial charge on any atom is -0.497 e. The molecule has 36 heavy (non-hydrogen) atoms. The number of hydrogen-bond acceptors (Lipinski definition) is 5. The first-order valence-electron chi connectivity index (χ1n) is 11.4. The number of hydrogen-bond donors (Lipinski definition) is 0. The monoisotopic (exact) mass is 484 g/mol. The summed E-state index contributed by atoms with van der Waals surface area (Å²) >= 11 is 1.56. The lowest BCUT2D eigenvalue weighted by molar-refractivity contribution is 0.415. The number of ether oxygens (including phenoxy) is 1. The van der Waals surface area contributed by atoms with Crippen LogP contribution in [-0.4, -0.2) is 21.9 Å². The van der Waals surface area contributed by atoms with Gasteiger partial charge in [0, 0.05) is 11.1 Å². The Bertz CT molecular complexity index is 1720. The number of pyridine rings is 1. The normalized spacial score (nSPS) is 10.9. The van der Waals surface area contributed by atoms with Crippen molar-refractivity contribution in [1.82, 2.24) is 14.8 Å². The third-order valence-electron chi connectivity index (χ3n) is 6.09. The van der Waals surface area contributed by atoms with Crippen LogP contribution in [0.5, 0.6) is 5.75 Å². The first-order chi connectivity index (χ1) is 17.8. The van der Waals surface area contributed by atoms with Crippen molar-refractivity contribution in [2.45, 2.75) is 0 Å². The number of rotatable bonds is 5. The zero-order valence-electron chi connectivity index (χ0n) is 19.4. The summed E-state index contributed by atoms with van der Waals surface area (Å²) in [6, 6.07) is 34.3. The van der Waals surface area contributed by atoms with Crippen LogP contribution in [0.25, 0.3) is 49.7 Å². The van der Waals surface area contributed by atoms with Crippen LogP contribution in [0.2, 0.25) is 0 Å². The molecular formula is C30H20N4OS. The van der Waals surface area contributed by atoms with Gasteiger partial charge in [-0.1, -0.05) is 66.7 Å². The topological polar surface area (TPSA) is 63.7 Å². The Morgan fingerprint density at radius 2 is 1.58 bits per heavy atom. The molecule has 0 amide bonds. The average Bonchev–Trinajstić information content (AvgIpc) is 3.61. The van der Waals surface area contributed by atoms with E-state index in [0.29, 0.717) is 16.9 Å². The van der Waals surface area contributed by atoms with E-state index in [-0.39, 0.29) is 0 Å². The first kappa shape index (κ1) is 21.8. The Morgan fingerprint density at radius 3 is 2.28 bits per heavy atom. The van der Waals surface area contributed by atoms with Crippen LogP contribution < -0.4 is 4.74 Å². The molecule has 5 nitrogen and oxygen atoms in total. The van der Waals surface area contributed by atoms with Crippen molar-refractivity contribution in [3.8, 4) is 50.5 Å². The Kier molecular flexibility index (Phi) is 5.53. The van der Waals surface area contributed by atoms with Gasteiger partial charge in [0.05, 0.1) is 28.6 Å². The fourth-order valence-electron chi connectivity index (χ4n) is 4.46. The lowest BCUT2D eigenvalue weighted by Gasteiger charge is -2.13. The van der Waals surface area contributed by atoms with Gasteiger partial charge in [0.2, 0.25) is 0 Å². The minimum absolute atomic E-state index is 0.517. The molecule has 3 heterocycles. The molecule has 0 unspecified atom stereocenters. The Morgan fingerprint density at radius 1 is 0.833 bits per heavy atom. The van der Waals surface area contributed by atoms with Crippen LogP contribution >= 0.6 is 11.3 Å². The van der Waals surface area contributed by atoms with E-state index in [1.165, 1.54) is 0 Å². The van der Waals surface area contributed by atoms with Crippen LogP contribution in [0.15, 0.2) is 102 Å². The van der Waals surface area contributed by atoms with Gasteiger partial charge in [-0.15, -0.1) is 11.3 Å². The molecule has 0 saturated carbocycles. The molecule has 3 aromatic carbocycles. The van der Waals surface area contributed by atoms with Crippen molar-refractivity contribution in [3.63, 3.8) is 0 Å². The Balaban J connectivity index is 1.82. The fraction of sp³-hybridized carbons (Fsp3) is 0.0333. The van der Waals surface area contributed by atoms with Gasteiger partial charge in [0.15, 0.2) is 5.65 Å².